The number of carbonyl (C=O) groups is 1. The summed E-state index contributed by atoms with van der Waals surface area (Å²) < 4.78 is 0. The molecule has 0 bridgehead atoms. The van der Waals surface area contributed by atoms with Crippen LogP contribution in [0.5, 0.6) is 0 Å². The number of hydrogen-bond donors (Lipinski definition) is 3. The number of aliphatic hydroxyl groups is 1. The molecule has 2 amide bonds. The highest BCUT2D eigenvalue weighted by Crippen LogP contribution is 2.32. The zero-order chi connectivity index (χ0) is 19.8. The molecule has 0 aromatic heterocycles. The molecule has 1 aromatic rings. The minimum absolute atomic E-state index is 0.135. The van der Waals surface area contributed by atoms with Gasteiger partial charge in [0.15, 0.2) is 0 Å². The first kappa shape index (κ1) is 21.7. The maximum Gasteiger partial charge on any atom is 0.319 e. The average molecular weight is 377 g/mol. The molecule has 27 heavy (non-hydrogen) atoms. The Kier molecular flexibility index (Phi) is 8.54. The van der Waals surface area contributed by atoms with Crippen LogP contribution in [0.25, 0.3) is 0 Å². The number of piperazine rings is 1. The van der Waals surface area contributed by atoms with Crippen LogP contribution in [-0.2, 0) is 0 Å². The smallest absolute Gasteiger partial charge is 0.319 e. The number of β-amino-alcohol motifs (C(OH)–C–C–N with tert-alkyl or cyclic N) is 1. The first-order chi connectivity index (χ1) is 12.9. The second-order valence-corrected chi connectivity index (χ2v) is 7.91. The third kappa shape index (κ3) is 6.48. The Balaban J connectivity index is 1.84. The zero-order valence-corrected chi connectivity index (χ0v) is 17.3. The van der Waals surface area contributed by atoms with Crippen LogP contribution in [0.2, 0.25) is 0 Å². The quantitative estimate of drug-likeness (QED) is 0.652. The fraction of sp³-hybridized carbons (Fsp3) is 0.667. The first-order valence-corrected chi connectivity index (χ1v) is 10.2. The summed E-state index contributed by atoms with van der Waals surface area (Å²) in [4.78, 5) is 17.1. The van der Waals surface area contributed by atoms with Gasteiger partial charge in [0, 0.05) is 51.5 Å². The normalized spacial score (nSPS) is 16.1. The number of para-hydroxylation sites is 1. The van der Waals surface area contributed by atoms with Crippen molar-refractivity contribution in [1.82, 2.24) is 15.1 Å². The maximum atomic E-state index is 12.5. The summed E-state index contributed by atoms with van der Waals surface area (Å²) >= 11 is 0. The van der Waals surface area contributed by atoms with Crippen molar-refractivity contribution < 1.29 is 9.90 Å². The highest BCUT2D eigenvalue weighted by atomic mass is 16.3. The largest absolute Gasteiger partial charge is 0.395 e. The van der Waals surface area contributed by atoms with Crippen molar-refractivity contribution in [2.75, 3.05) is 57.7 Å². The molecule has 3 N–H and O–H groups in total. The van der Waals surface area contributed by atoms with Crippen LogP contribution >= 0.6 is 0 Å². The van der Waals surface area contributed by atoms with Crippen LogP contribution in [0.15, 0.2) is 18.2 Å². The van der Waals surface area contributed by atoms with E-state index in [-0.39, 0.29) is 12.6 Å². The number of aliphatic hydroxyl groups excluding tert-OH is 1. The second-order valence-electron chi connectivity index (χ2n) is 7.91. The molecule has 0 unspecified atom stereocenters. The van der Waals surface area contributed by atoms with Crippen LogP contribution in [0.4, 0.5) is 10.5 Å². The molecule has 1 aliphatic heterocycles. The maximum absolute atomic E-state index is 12.5. The third-order valence-corrected chi connectivity index (χ3v) is 5.21. The predicted octanol–water partition coefficient (Wildman–Crippen LogP) is 2.66. The summed E-state index contributed by atoms with van der Waals surface area (Å²) in [6.07, 6.45) is 0. The van der Waals surface area contributed by atoms with Crippen LogP contribution in [0, 0.1) is 0 Å². The third-order valence-electron chi connectivity index (χ3n) is 5.21. The van der Waals surface area contributed by atoms with Crippen molar-refractivity contribution in [1.29, 1.82) is 0 Å². The van der Waals surface area contributed by atoms with Crippen LogP contribution in [-0.4, -0.2) is 73.4 Å². The molecule has 1 saturated heterocycles. The van der Waals surface area contributed by atoms with E-state index in [4.69, 9.17) is 5.11 Å². The summed E-state index contributed by atoms with van der Waals surface area (Å²) in [7, 11) is 0. The van der Waals surface area contributed by atoms with Gasteiger partial charge in [0.05, 0.1) is 6.61 Å². The van der Waals surface area contributed by atoms with Gasteiger partial charge in [-0.1, -0.05) is 45.9 Å². The monoisotopic (exact) mass is 376 g/mol. The van der Waals surface area contributed by atoms with Gasteiger partial charge in [-0.3, -0.25) is 9.80 Å². The van der Waals surface area contributed by atoms with E-state index in [0.29, 0.717) is 18.4 Å². The van der Waals surface area contributed by atoms with Crippen molar-refractivity contribution in [3.05, 3.63) is 29.3 Å². The number of benzene rings is 1. The van der Waals surface area contributed by atoms with E-state index in [1.165, 1.54) is 11.1 Å². The van der Waals surface area contributed by atoms with Crippen molar-refractivity contribution >= 4 is 11.7 Å². The molecule has 152 valence electrons. The molecule has 1 heterocycles. The van der Waals surface area contributed by atoms with Gasteiger partial charge in [-0.2, -0.15) is 0 Å². The van der Waals surface area contributed by atoms with E-state index in [1.807, 2.05) is 0 Å². The number of nitrogens with zero attached hydrogens (tertiary/aromatic N) is 2. The van der Waals surface area contributed by atoms with E-state index in [1.54, 1.807) is 0 Å². The molecular weight excluding hydrogens is 340 g/mol. The van der Waals surface area contributed by atoms with E-state index in [9.17, 15) is 4.79 Å². The minimum Gasteiger partial charge on any atom is -0.395 e. The predicted molar refractivity (Wildman–Crippen MR) is 112 cm³/mol. The van der Waals surface area contributed by atoms with Crippen LogP contribution in [0.1, 0.15) is 50.7 Å². The fourth-order valence-electron chi connectivity index (χ4n) is 3.56. The summed E-state index contributed by atoms with van der Waals surface area (Å²) in [5.74, 6) is 0.712. The molecule has 2 rings (SSSR count). The lowest BCUT2D eigenvalue weighted by Gasteiger charge is -2.34. The summed E-state index contributed by atoms with van der Waals surface area (Å²) in [6.45, 7) is 15.0. The Morgan fingerprint density at radius 1 is 1.00 bits per heavy atom. The number of hydrogen-bond acceptors (Lipinski definition) is 4. The molecule has 1 aromatic carbocycles. The minimum atomic E-state index is -0.135. The highest BCUT2D eigenvalue weighted by Gasteiger charge is 2.17. The SMILES string of the molecule is CC(C)c1cccc(C(C)C)c1NC(=O)NCCN1CCN(CCO)CC1. The molecular formula is C21H36N4O2. The van der Waals surface area contributed by atoms with Crippen molar-refractivity contribution in [2.45, 2.75) is 39.5 Å². The topological polar surface area (TPSA) is 67.8 Å². The molecule has 0 saturated carbocycles. The van der Waals surface area contributed by atoms with Gasteiger partial charge in [-0.25, -0.2) is 4.79 Å². The van der Waals surface area contributed by atoms with Gasteiger partial charge in [0.1, 0.15) is 0 Å². The number of amides is 2. The summed E-state index contributed by atoms with van der Waals surface area (Å²) in [6, 6.07) is 6.13. The van der Waals surface area contributed by atoms with E-state index < -0.39 is 0 Å². The lowest BCUT2D eigenvalue weighted by Crippen LogP contribution is -2.49. The van der Waals surface area contributed by atoms with Crippen molar-refractivity contribution in [2.24, 2.45) is 0 Å². The average Bonchev–Trinajstić information content (AvgIpc) is 2.63. The first-order valence-electron chi connectivity index (χ1n) is 10.2. The van der Waals surface area contributed by atoms with Gasteiger partial charge in [-0.05, 0) is 23.0 Å². The summed E-state index contributed by atoms with van der Waals surface area (Å²) in [5, 5.41) is 15.1. The van der Waals surface area contributed by atoms with Crippen molar-refractivity contribution in [3.8, 4) is 0 Å². The molecule has 1 fully saturated rings. The van der Waals surface area contributed by atoms with Gasteiger partial charge < -0.3 is 15.7 Å². The number of urea groups is 1. The van der Waals surface area contributed by atoms with Gasteiger partial charge in [0.25, 0.3) is 0 Å². The number of anilines is 1. The fourth-order valence-corrected chi connectivity index (χ4v) is 3.56. The van der Waals surface area contributed by atoms with Crippen LogP contribution in [0.3, 0.4) is 0 Å². The van der Waals surface area contributed by atoms with E-state index in [0.717, 1.165) is 45.0 Å². The van der Waals surface area contributed by atoms with E-state index in [2.05, 4.69) is 66.3 Å². The van der Waals surface area contributed by atoms with Gasteiger partial charge >= 0.3 is 6.03 Å². The Morgan fingerprint density at radius 3 is 2.00 bits per heavy atom. The molecule has 1 aliphatic rings. The van der Waals surface area contributed by atoms with Gasteiger partial charge in [-0.15, -0.1) is 0 Å². The second kappa shape index (κ2) is 10.6. The zero-order valence-electron chi connectivity index (χ0n) is 17.3. The van der Waals surface area contributed by atoms with Crippen molar-refractivity contribution in [3.63, 3.8) is 0 Å². The molecule has 6 heteroatoms. The van der Waals surface area contributed by atoms with Crippen LogP contribution < -0.4 is 10.6 Å². The lowest BCUT2D eigenvalue weighted by atomic mass is 9.93. The number of rotatable bonds is 8. The van der Waals surface area contributed by atoms with Gasteiger partial charge in [0.2, 0.25) is 0 Å². The molecule has 0 radical (unpaired) electrons. The number of carbonyl (C=O) groups excluding carboxylic acids is 1. The Bertz CT molecular complexity index is 570. The Hall–Kier alpha value is -1.63. The Labute approximate surface area is 163 Å². The molecule has 0 atom stereocenters. The highest BCUT2D eigenvalue weighted by molar-refractivity contribution is 5.91. The van der Waals surface area contributed by atoms with E-state index >= 15 is 0 Å². The molecule has 6 nitrogen and oxygen atoms in total. The molecule has 0 aliphatic carbocycles. The standard InChI is InChI=1S/C21H36N4O2/c1-16(2)18-6-5-7-19(17(3)4)20(18)23-21(27)22-8-9-24-10-12-25(13-11-24)14-15-26/h5-7,16-17,26H,8-15H2,1-4H3,(H2,22,23,27). The number of nitrogens with one attached hydrogen (secondary N) is 2. The summed E-state index contributed by atoms with van der Waals surface area (Å²) in [5.41, 5.74) is 3.31. The molecule has 0 spiro atoms. The lowest BCUT2D eigenvalue weighted by molar-refractivity contribution is 0.113. The Morgan fingerprint density at radius 2 is 1.52 bits per heavy atom.